The summed E-state index contributed by atoms with van der Waals surface area (Å²) in [5, 5.41) is 4.89. The van der Waals surface area contributed by atoms with Crippen LogP contribution in [-0.4, -0.2) is 6.54 Å². The molecule has 0 heterocycles. The van der Waals surface area contributed by atoms with Crippen molar-refractivity contribution in [2.45, 2.75) is 34.2 Å². The van der Waals surface area contributed by atoms with Gasteiger partial charge in [0.2, 0.25) is 0 Å². The molecule has 0 radical (unpaired) electrons. The molecule has 96 valence electrons. The van der Waals surface area contributed by atoms with Crippen molar-refractivity contribution < 1.29 is 0 Å². The molecule has 0 aromatic heterocycles. The average Bonchev–Trinajstić information content (AvgIpc) is 2.22. The summed E-state index contributed by atoms with van der Waals surface area (Å²) < 4.78 is 0. The van der Waals surface area contributed by atoms with Gasteiger partial charge < -0.3 is 5.32 Å². The Morgan fingerprint density at radius 1 is 1.18 bits per heavy atom. The number of rotatable bonds is 5. The minimum Gasteiger partial charge on any atom is -0.312 e. The highest BCUT2D eigenvalue weighted by Gasteiger charge is 2.21. The lowest BCUT2D eigenvalue weighted by molar-refractivity contribution is 0.238. The van der Waals surface area contributed by atoms with Gasteiger partial charge in [0.05, 0.1) is 0 Å². The third kappa shape index (κ3) is 4.17. The molecule has 1 aromatic carbocycles. The smallest absolute Gasteiger partial charge is 0.0465 e. The van der Waals surface area contributed by atoms with Crippen molar-refractivity contribution in [2.24, 2.45) is 11.3 Å². The van der Waals surface area contributed by atoms with E-state index in [9.17, 15) is 0 Å². The first-order valence-corrected chi connectivity index (χ1v) is 6.74. The third-order valence-electron chi connectivity index (χ3n) is 3.51. The van der Waals surface area contributed by atoms with Crippen LogP contribution < -0.4 is 5.32 Å². The van der Waals surface area contributed by atoms with Crippen LogP contribution in [0.15, 0.2) is 18.2 Å². The Labute approximate surface area is 115 Å². The van der Waals surface area contributed by atoms with Crippen LogP contribution in [0.4, 0.5) is 0 Å². The fraction of sp³-hybridized carbons (Fsp3) is 0.571. The number of halogens is 2. The third-order valence-corrected chi connectivity index (χ3v) is 4.22. The molecule has 0 aliphatic rings. The Morgan fingerprint density at radius 2 is 1.71 bits per heavy atom. The lowest BCUT2D eigenvalue weighted by Gasteiger charge is -2.29. The Balaban J connectivity index is 2.57. The largest absolute Gasteiger partial charge is 0.312 e. The van der Waals surface area contributed by atoms with E-state index in [1.165, 1.54) is 0 Å². The topological polar surface area (TPSA) is 12.0 Å². The summed E-state index contributed by atoms with van der Waals surface area (Å²) in [6.45, 7) is 10.7. The van der Waals surface area contributed by atoms with Gasteiger partial charge in [-0.15, -0.1) is 0 Å². The van der Waals surface area contributed by atoms with Gasteiger partial charge >= 0.3 is 0 Å². The van der Waals surface area contributed by atoms with Crippen molar-refractivity contribution in [2.75, 3.05) is 6.54 Å². The van der Waals surface area contributed by atoms with Gasteiger partial charge in [-0.2, -0.15) is 0 Å². The zero-order chi connectivity index (χ0) is 13.1. The minimum absolute atomic E-state index is 0.272. The fourth-order valence-electron chi connectivity index (χ4n) is 1.42. The summed E-state index contributed by atoms with van der Waals surface area (Å²) in [4.78, 5) is 0. The second-order valence-electron chi connectivity index (χ2n) is 5.45. The highest BCUT2D eigenvalue weighted by Crippen LogP contribution is 2.26. The molecule has 0 atom stereocenters. The monoisotopic (exact) mass is 273 g/mol. The SMILES string of the molecule is CC(C)C(C)(C)CNCc1c(Cl)cccc1Cl. The first-order chi connectivity index (χ1) is 7.84. The van der Waals surface area contributed by atoms with Crippen molar-refractivity contribution >= 4 is 23.2 Å². The van der Waals surface area contributed by atoms with E-state index >= 15 is 0 Å². The molecule has 0 bridgehead atoms. The first kappa shape index (κ1) is 14.8. The molecule has 0 spiro atoms. The van der Waals surface area contributed by atoms with Gasteiger partial charge in [0.1, 0.15) is 0 Å². The van der Waals surface area contributed by atoms with E-state index in [0.717, 1.165) is 22.2 Å². The first-order valence-electron chi connectivity index (χ1n) is 5.98. The van der Waals surface area contributed by atoms with Crippen molar-refractivity contribution in [3.8, 4) is 0 Å². The molecule has 0 unspecified atom stereocenters. The summed E-state index contributed by atoms with van der Waals surface area (Å²) in [7, 11) is 0. The number of hydrogen-bond acceptors (Lipinski definition) is 1. The fourth-order valence-corrected chi connectivity index (χ4v) is 1.95. The van der Waals surface area contributed by atoms with Crippen molar-refractivity contribution in [3.63, 3.8) is 0 Å². The zero-order valence-electron chi connectivity index (χ0n) is 11.0. The van der Waals surface area contributed by atoms with Gasteiger partial charge in [0.15, 0.2) is 0 Å². The molecular formula is C14H21Cl2N. The molecule has 0 saturated carbocycles. The quantitative estimate of drug-likeness (QED) is 0.815. The van der Waals surface area contributed by atoms with Crippen molar-refractivity contribution in [3.05, 3.63) is 33.8 Å². The van der Waals surface area contributed by atoms with Crippen LogP contribution >= 0.6 is 23.2 Å². The lowest BCUT2D eigenvalue weighted by atomic mass is 9.81. The summed E-state index contributed by atoms with van der Waals surface area (Å²) in [5.74, 6) is 0.636. The Morgan fingerprint density at radius 3 is 2.18 bits per heavy atom. The number of hydrogen-bond donors (Lipinski definition) is 1. The molecule has 0 amide bonds. The second kappa shape index (κ2) is 6.08. The molecule has 1 nitrogen and oxygen atoms in total. The predicted octanol–water partition coefficient (Wildman–Crippen LogP) is 4.77. The van der Waals surface area contributed by atoms with E-state index in [0.29, 0.717) is 12.5 Å². The Bertz CT molecular complexity index is 352. The molecule has 0 aliphatic heterocycles. The van der Waals surface area contributed by atoms with E-state index in [4.69, 9.17) is 23.2 Å². The molecule has 1 N–H and O–H groups in total. The van der Waals surface area contributed by atoms with Gasteiger partial charge in [-0.05, 0) is 23.5 Å². The molecule has 3 heteroatoms. The summed E-state index contributed by atoms with van der Waals surface area (Å²) in [6, 6.07) is 5.61. The van der Waals surface area contributed by atoms with Crippen LogP contribution in [0.5, 0.6) is 0 Å². The molecule has 1 aromatic rings. The Kier molecular flexibility index (Phi) is 5.30. The molecule has 17 heavy (non-hydrogen) atoms. The van der Waals surface area contributed by atoms with Crippen LogP contribution in [0.3, 0.4) is 0 Å². The van der Waals surface area contributed by atoms with Crippen LogP contribution in [0, 0.1) is 11.3 Å². The second-order valence-corrected chi connectivity index (χ2v) is 6.26. The zero-order valence-corrected chi connectivity index (χ0v) is 12.5. The average molecular weight is 274 g/mol. The molecule has 1 rings (SSSR count). The lowest BCUT2D eigenvalue weighted by Crippen LogP contribution is -2.33. The molecule has 0 fully saturated rings. The van der Waals surface area contributed by atoms with E-state index < -0.39 is 0 Å². The number of nitrogens with one attached hydrogen (secondary N) is 1. The van der Waals surface area contributed by atoms with Crippen molar-refractivity contribution in [1.29, 1.82) is 0 Å². The van der Waals surface area contributed by atoms with Crippen LogP contribution in [0.25, 0.3) is 0 Å². The normalized spacial score (nSPS) is 12.2. The van der Waals surface area contributed by atoms with E-state index in [1.54, 1.807) is 0 Å². The standard InChI is InChI=1S/C14H21Cl2N/c1-10(2)14(3,4)9-17-8-11-12(15)6-5-7-13(11)16/h5-7,10,17H,8-9H2,1-4H3. The van der Waals surface area contributed by atoms with Gasteiger partial charge in [-0.25, -0.2) is 0 Å². The summed E-state index contributed by atoms with van der Waals surface area (Å²) in [6.07, 6.45) is 0. The maximum absolute atomic E-state index is 6.12. The minimum atomic E-state index is 0.272. The molecule has 0 saturated heterocycles. The summed E-state index contributed by atoms with van der Waals surface area (Å²) in [5.41, 5.74) is 1.25. The van der Waals surface area contributed by atoms with Crippen LogP contribution in [0.1, 0.15) is 33.3 Å². The highest BCUT2D eigenvalue weighted by molar-refractivity contribution is 6.35. The number of benzene rings is 1. The van der Waals surface area contributed by atoms with Crippen LogP contribution in [-0.2, 0) is 6.54 Å². The highest BCUT2D eigenvalue weighted by atomic mass is 35.5. The van der Waals surface area contributed by atoms with E-state index in [1.807, 2.05) is 18.2 Å². The maximum atomic E-state index is 6.12. The van der Waals surface area contributed by atoms with Gasteiger partial charge in [-0.3, -0.25) is 0 Å². The summed E-state index contributed by atoms with van der Waals surface area (Å²) >= 11 is 12.2. The Hall–Kier alpha value is -0.240. The van der Waals surface area contributed by atoms with E-state index in [-0.39, 0.29) is 5.41 Å². The van der Waals surface area contributed by atoms with Gasteiger partial charge in [0, 0.05) is 28.7 Å². The van der Waals surface area contributed by atoms with Gasteiger partial charge in [0.25, 0.3) is 0 Å². The van der Waals surface area contributed by atoms with Gasteiger partial charge in [-0.1, -0.05) is 57.0 Å². The molecule has 0 aliphatic carbocycles. The van der Waals surface area contributed by atoms with Crippen molar-refractivity contribution in [1.82, 2.24) is 5.32 Å². The molecular weight excluding hydrogens is 253 g/mol. The predicted molar refractivity (Wildman–Crippen MR) is 76.8 cm³/mol. The van der Waals surface area contributed by atoms with E-state index in [2.05, 4.69) is 33.0 Å². The van der Waals surface area contributed by atoms with Crippen LogP contribution in [0.2, 0.25) is 10.0 Å². The maximum Gasteiger partial charge on any atom is 0.0465 e.